The molecule has 1 amide bonds. The lowest BCUT2D eigenvalue weighted by molar-refractivity contribution is -0.124. The lowest BCUT2D eigenvalue weighted by Gasteiger charge is -2.17. The Kier molecular flexibility index (Phi) is 2.48. The number of carbonyl (C=O) groups is 1. The molecule has 2 N–H and O–H groups in total. The number of hydrogen-bond acceptors (Lipinski definition) is 2. The molecule has 22 heavy (non-hydrogen) atoms. The largest absolute Gasteiger partial charge is 0.322 e. The first-order valence-electron chi connectivity index (χ1n) is 6.83. The molecular formula is C17H11FN2O2. The molecule has 0 bridgehead atoms. The number of halogens is 1. The molecule has 3 aromatic rings. The van der Waals surface area contributed by atoms with Crippen LogP contribution >= 0.6 is 0 Å². The molecule has 1 aliphatic rings. The number of fused-ring (bicyclic) bond motifs is 2. The van der Waals surface area contributed by atoms with Crippen molar-refractivity contribution in [1.29, 1.82) is 0 Å². The second kappa shape index (κ2) is 4.27. The fourth-order valence-electron chi connectivity index (χ4n) is 2.89. The third kappa shape index (κ3) is 1.56. The minimum atomic E-state index is -2.48. The third-order valence-corrected chi connectivity index (χ3v) is 3.98. The van der Waals surface area contributed by atoms with Gasteiger partial charge in [0.25, 0.3) is 11.5 Å². The highest BCUT2D eigenvalue weighted by atomic mass is 19.1. The average molecular weight is 294 g/mol. The van der Waals surface area contributed by atoms with Crippen LogP contribution in [0.15, 0.2) is 59.4 Å². The summed E-state index contributed by atoms with van der Waals surface area (Å²) in [5.41, 5.74) is -2.12. The molecule has 2 aromatic carbocycles. The monoisotopic (exact) mass is 294 g/mol. The molecule has 0 radical (unpaired) electrons. The summed E-state index contributed by atoms with van der Waals surface area (Å²) < 4.78 is 15.6. The smallest absolute Gasteiger partial charge is 0.271 e. The van der Waals surface area contributed by atoms with E-state index in [9.17, 15) is 9.59 Å². The van der Waals surface area contributed by atoms with Crippen molar-refractivity contribution < 1.29 is 9.18 Å². The number of pyridine rings is 1. The van der Waals surface area contributed by atoms with Gasteiger partial charge in [-0.25, -0.2) is 4.39 Å². The predicted octanol–water partition coefficient (Wildman–Crippen LogP) is 2.69. The maximum absolute atomic E-state index is 15.6. The number of amides is 1. The summed E-state index contributed by atoms with van der Waals surface area (Å²) in [5.74, 6) is -0.838. The number of hydrogen-bond donors (Lipinski definition) is 2. The molecule has 0 saturated heterocycles. The minimum Gasteiger partial charge on any atom is -0.322 e. The molecule has 108 valence electrons. The molecule has 5 heteroatoms. The Bertz CT molecular complexity index is 980. The van der Waals surface area contributed by atoms with Crippen molar-refractivity contribution in [2.75, 3.05) is 5.32 Å². The SMILES string of the molecule is O=C1Nc2ccccc2C1(F)c1cc2ccccc2[nH]c1=O. The molecule has 0 saturated carbocycles. The number of aromatic amines is 1. The average Bonchev–Trinajstić information content (AvgIpc) is 2.79. The highest BCUT2D eigenvalue weighted by Crippen LogP contribution is 2.43. The number of anilines is 1. The molecule has 4 nitrogen and oxygen atoms in total. The number of alkyl halides is 1. The Morgan fingerprint density at radius 2 is 1.64 bits per heavy atom. The summed E-state index contributed by atoms with van der Waals surface area (Å²) in [7, 11) is 0. The van der Waals surface area contributed by atoms with Crippen molar-refractivity contribution in [3.05, 3.63) is 76.1 Å². The zero-order valence-corrected chi connectivity index (χ0v) is 11.4. The van der Waals surface area contributed by atoms with Gasteiger partial charge < -0.3 is 10.3 Å². The maximum atomic E-state index is 15.6. The van der Waals surface area contributed by atoms with Crippen molar-refractivity contribution in [1.82, 2.24) is 4.98 Å². The first-order valence-corrected chi connectivity index (χ1v) is 6.83. The third-order valence-electron chi connectivity index (χ3n) is 3.98. The van der Waals surface area contributed by atoms with Crippen LogP contribution < -0.4 is 10.9 Å². The summed E-state index contributed by atoms with van der Waals surface area (Å²) in [6.07, 6.45) is 0. The van der Waals surface area contributed by atoms with Crippen molar-refractivity contribution in [2.24, 2.45) is 0 Å². The van der Waals surface area contributed by atoms with Gasteiger partial charge in [-0.05, 0) is 23.6 Å². The number of nitrogens with one attached hydrogen (secondary N) is 2. The van der Waals surface area contributed by atoms with Crippen LogP contribution in [0.3, 0.4) is 0 Å². The van der Waals surface area contributed by atoms with Gasteiger partial charge in [0, 0.05) is 16.8 Å². The quantitative estimate of drug-likeness (QED) is 0.725. The predicted molar refractivity (Wildman–Crippen MR) is 81.5 cm³/mol. The number of para-hydroxylation sites is 2. The van der Waals surface area contributed by atoms with Gasteiger partial charge in [-0.1, -0.05) is 36.4 Å². The standard InChI is InChI=1S/C17H11FN2O2/c18-17(11-6-2-4-8-14(11)20-16(17)22)12-9-10-5-1-3-7-13(10)19-15(12)21/h1-9H,(H,19,21)(H,20,22). The van der Waals surface area contributed by atoms with Crippen LogP contribution in [-0.4, -0.2) is 10.9 Å². The van der Waals surface area contributed by atoms with E-state index in [1.807, 2.05) is 0 Å². The maximum Gasteiger partial charge on any atom is 0.271 e. The molecule has 1 atom stereocenters. The van der Waals surface area contributed by atoms with Gasteiger partial charge in [0.05, 0.1) is 5.56 Å². The molecule has 1 aliphatic heterocycles. The van der Waals surface area contributed by atoms with Crippen molar-refractivity contribution >= 4 is 22.5 Å². The van der Waals surface area contributed by atoms with Gasteiger partial charge in [0.15, 0.2) is 0 Å². The highest BCUT2D eigenvalue weighted by Gasteiger charge is 2.50. The van der Waals surface area contributed by atoms with Crippen molar-refractivity contribution in [3.63, 3.8) is 0 Å². The number of H-pyrrole nitrogens is 1. The van der Waals surface area contributed by atoms with E-state index in [0.717, 1.165) is 0 Å². The molecule has 4 rings (SSSR count). The minimum absolute atomic E-state index is 0.167. The van der Waals surface area contributed by atoms with Crippen LogP contribution in [0, 0.1) is 0 Å². The Morgan fingerprint density at radius 3 is 2.50 bits per heavy atom. The number of benzene rings is 2. The van der Waals surface area contributed by atoms with Crippen LogP contribution in [0.5, 0.6) is 0 Å². The van der Waals surface area contributed by atoms with Gasteiger partial charge in [-0.15, -0.1) is 0 Å². The Hall–Kier alpha value is -2.95. The normalized spacial score (nSPS) is 20.0. The molecule has 1 unspecified atom stereocenters. The number of carbonyl (C=O) groups excluding carboxylic acids is 1. The zero-order chi connectivity index (χ0) is 15.3. The van der Waals surface area contributed by atoms with Crippen LogP contribution in [-0.2, 0) is 10.5 Å². The van der Waals surface area contributed by atoms with E-state index in [1.165, 1.54) is 12.1 Å². The van der Waals surface area contributed by atoms with E-state index in [2.05, 4.69) is 10.3 Å². The Balaban J connectivity index is 2.04. The fraction of sp³-hybridized carbons (Fsp3) is 0.0588. The lowest BCUT2D eigenvalue weighted by atomic mass is 9.89. The molecular weight excluding hydrogens is 283 g/mol. The van der Waals surface area contributed by atoms with E-state index in [0.29, 0.717) is 16.6 Å². The lowest BCUT2D eigenvalue weighted by Crippen LogP contribution is -2.36. The van der Waals surface area contributed by atoms with Gasteiger partial charge in [0.2, 0.25) is 5.67 Å². The molecule has 1 aromatic heterocycles. The zero-order valence-electron chi connectivity index (χ0n) is 11.4. The van der Waals surface area contributed by atoms with Gasteiger partial charge in [-0.2, -0.15) is 0 Å². The van der Waals surface area contributed by atoms with Crippen LogP contribution in [0.25, 0.3) is 10.9 Å². The van der Waals surface area contributed by atoms with Crippen LogP contribution in [0.2, 0.25) is 0 Å². The van der Waals surface area contributed by atoms with Gasteiger partial charge in [-0.3, -0.25) is 9.59 Å². The summed E-state index contributed by atoms with van der Waals surface area (Å²) in [4.78, 5) is 27.1. The first-order chi connectivity index (χ1) is 10.6. The molecule has 0 aliphatic carbocycles. The molecule has 2 heterocycles. The van der Waals surface area contributed by atoms with Gasteiger partial charge >= 0.3 is 0 Å². The summed E-state index contributed by atoms with van der Waals surface area (Å²) in [6, 6.07) is 15.0. The first kappa shape index (κ1) is 12.8. The topological polar surface area (TPSA) is 62.0 Å². The van der Waals surface area contributed by atoms with Crippen LogP contribution in [0.1, 0.15) is 11.1 Å². The van der Waals surface area contributed by atoms with Crippen LogP contribution in [0.4, 0.5) is 10.1 Å². The molecule has 0 fully saturated rings. The van der Waals surface area contributed by atoms with E-state index in [-0.39, 0.29) is 11.1 Å². The molecule has 0 spiro atoms. The van der Waals surface area contributed by atoms with Crippen molar-refractivity contribution in [2.45, 2.75) is 5.67 Å². The van der Waals surface area contributed by atoms with E-state index >= 15 is 4.39 Å². The Labute approximate surface area is 124 Å². The fourth-order valence-corrected chi connectivity index (χ4v) is 2.89. The number of aromatic nitrogens is 1. The number of rotatable bonds is 1. The highest BCUT2D eigenvalue weighted by molar-refractivity contribution is 6.07. The van der Waals surface area contributed by atoms with E-state index in [1.54, 1.807) is 42.5 Å². The van der Waals surface area contributed by atoms with Gasteiger partial charge in [0.1, 0.15) is 0 Å². The van der Waals surface area contributed by atoms with E-state index < -0.39 is 17.1 Å². The second-order valence-electron chi connectivity index (χ2n) is 5.26. The van der Waals surface area contributed by atoms with E-state index in [4.69, 9.17) is 0 Å². The summed E-state index contributed by atoms with van der Waals surface area (Å²) in [5, 5.41) is 3.17. The Morgan fingerprint density at radius 1 is 0.909 bits per heavy atom. The van der Waals surface area contributed by atoms with Crippen molar-refractivity contribution in [3.8, 4) is 0 Å². The summed E-state index contributed by atoms with van der Waals surface area (Å²) in [6.45, 7) is 0. The summed E-state index contributed by atoms with van der Waals surface area (Å²) >= 11 is 0. The second-order valence-corrected chi connectivity index (χ2v) is 5.26.